The Hall–Kier alpha value is -1.75. The van der Waals surface area contributed by atoms with E-state index in [1.165, 1.54) is 7.11 Å². The standard InChI is InChI=1S/C15H23NO4/c1-10-8-13(18-2)14(19-3)9-11(10)12(16)6-5-7-15(17)20-4/h8-9,12H,5-7,16H2,1-4H3. The zero-order chi connectivity index (χ0) is 15.1. The van der Waals surface area contributed by atoms with Crippen molar-refractivity contribution in [2.45, 2.75) is 32.2 Å². The van der Waals surface area contributed by atoms with Gasteiger partial charge >= 0.3 is 5.97 Å². The van der Waals surface area contributed by atoms with Gasteiger partial charge in [-0.05, 0) is 43.0 Å². The van der Waals surface area contributed by atoms with E-state index < -0.39 is 0 Å². The lowest BCUT2D eigenvalue weighted by Crippen LogP contribution is -2.13. The van der Waals surface area contributed by atoms with E-state index in [0.29, 0.717) is 30.8 Å². The van der Waals surface area contributed by atoms with Crippen LogP contribution in [0.1, 0.15) is 36.4 Å². The molecule has 1 unspecified atom stereocenters. The second-order valence-electron chi connectivity index (χ2n) is 4.64. The molecule has 1 rings (SSSR count). The predicted molar refractivity (Wildman–Crippen MR) is 77.1 cm³/mol. The summed E-state index contributed by atoms with van der Waals surface area (Å²) in [4.78, 5) is 11.1. The largest absolute Gasteiger partial charge is 0.493 e. The average Bonchev–Trinajstić information content (AvgIpc) is 2.46. The summed E-state index contributed by atoms with van der Waals surface area (Å²) in [5, 5.41) is 0. The highest BCUT2D eigenvalue weighted by molar-refractivity contribution is 5.69. The number of carbonyl (C=O) groups excluding carboxylic acids is 1. The van der Waals surface area contributed by atoms with E-state index in [1.807, 2.05) is 19.1 Å². The molecule has 1 aromatic carbocycles. The van der Waals surface area contributed by atoms with Crippen LogP contribution in [-0.2, 0) is 9.53 Å². The molecule has 0 aliphatic rings. The second-order valence-corrected chi connectivity index (χ2v) is 4.64. The van der Waals surface area contributed by atoms with Crippen molar-refractivity contribution >= 4 is 5.97 Å². The number of hydrogen-bond acceptors (Lipinski definition) is 5. The van der Waals surface area contributed by atoms with Crippen molar-refractivity contribution in [3.63, 3.8) is 0 Å². The number of carbonyl (C=O) groups is 1. The van der Waals surface area contributed by atoms with Crippen LogP contribution < -0.4 is 15.2 Å². The third kappa shape index (κ3) is 4.13. The van der Waals surface area contributed by atoms with Crippen molar-refractivity contribution in [1.82, 2.24) is 0 Å². The third-order valence-electron chi connectivity index (χ3n) is 3.30. The van der Waals surface area contributed by atoms with Crippen LogP contribution in [-0.4, -0.2) is 27.3 Å². The van der Waals surface area contributed by atoms with Crippen molar-refractivity contribution in [3.8, 4) is 11.5 Å². The Bertz CT molecular complexity index is 459. The van der Waals surface area contributed by atoms with Crippen LogP contribution in [0.2, 0.25) is 0 Å². The molecule has 2 N–H and O–H groups in total. The van der Waals surface area contributed by atoms with E-state index in [9.17, 15) is 4.79 Å². The summed E-state index contributed by atoms with van der Waals surface area (Å²) in [7, 11) is 4.59. The zero-order valence-electron chi connectivity index (χ0n) is 12.6. The van der Waals surface area contributed by atoms with E-state index in [2.05, 4.69) is 4.74 Å². The minimum atomic E-state index is -0.207. The minimum Gasteiger partial charge on any atom is -0.493 e. The van der Waals surface area contributed by atoms with E-state index >= 15 is 0 Å². The van der Waals surface area contributed by atoms with Gasteiger partial charge in [-0.25, -0.2) is 0 Å². The summed E-state index contributed by atoms with van der Waals surface area (Å²) >= 11 is 0. The van der Waals surface area contributed by atoms with Crippen LogP contribution in [0.5, 0.6) is 11.5 Å². The number of aryl methyl sites for hydroxylation is 1. The van der Waals surface area contributed by atoms with Gasteiger partial charge in [0.2, 0.25) is 0 Å². The highest BCUT2D eigenvalue weighted by atomic mass is 16.5. The molecule has 0 aromatic heterocycles. The van der Waals surface area contributed by atoms with Gasteiger partial charge < -0.3 is 19.9 Å². The molecular formula is C15H23NO4. The van der Waals surface area contributed by atoms with Crippen LogP contribution in [0.25, 0.3) is 0 Å². The highest BCUT2D eigenvalue weighted by Gasteiger charge is 2.14. The van der Waals surface area contributed by atoms with Gasteiger partial charge in [0, 0.05) is 12.5 Å². The molecule has 1 atom stereocenters. The summed E-state index contributed by atoms with van der Waals surface area (Å²) in [6.07, 6.45) is 1.80. The second kappa shape index (κ2) is 7.75. The fourth-order valence-corrected chi connectivity index (χ4v) is 2.12. The summed E-state index contributed by atoms with van der Waals surface area (Å²) in [5.74, 6) is 1.15. The summed E-state index contributed by atoms with van der Waals surface area (Å²) in [6.45, 7) is 1.98. The van der Waals surface area contributed by atoms with Gasteiger partial charge in [0.05, 0.1) is 21.3 Å². The van der Waals surface area contributed by atoms with Crippen molar-refractivity contribution < 1.29 is 19.0 Å². The monoisotopic (exact) mass is 281 g/mol. The molecule has 0 heterocycles. The maximum Gasteiger partial charge on any atom is 0.305 e. The Morgan fingerprint density at radius 3 is 2.35 bits per heavy atom. The molecular weight excluding hydrogens is 258 g/mol. The molecule has 0 aliphatic heterocycles. The quantitative estimate of drug-likeness (QED) is 0.777. The molecule has 5 nitrogen and oxygen atoms in total. The van der Waals surface area contributed by atoms with Crippen molar-refractivity contribution in [2.75, 3.05) is 21.3 Å². The maximum atomic E-state index is 11.1. The molecule has 20 heavy (non-hydrogen) atoms. The van der Waals surface area contributed by atoms with Crippen LogP contribution in [0, 0.1) is 6.92 Å². The number of esters is 1. The number of ether oxygens (including phenoxy) is 3. The first-order valence-electron chi connectivity index (χ1n) is 6.58. The number of hydrogen-bond donors (Lipinski definition) is 1. The van der Waals surface area contributed by atoms with Crippen molar-refractivity contribution in [3.05, 3.63) is 23.3 Å². The topological polar surface area (TPSA) is 70.8 Å². The number of methoxy groups -OCH3 is 3. The summed E-state index contributed by atoms with van der Waals surface area (Å²) in [6, 6.07) is 3.67. The Morgan fingerprint density at radius 1 is 1.20 bits per heavy atom. The molecule has 0 bridgehead atoms. The molecule has 0 amide bonds. The zero-order valence-corrected chi connectivity index (χ0v) is 12.6. The third-order valence-corrected chi connectivity index (χ3v) is 3.30. The lowest BCUT2D eigenvalue weighted by molar-refractivity contribution is -0.140. The number of benzene rings is 1. The number of nitrogens with two attached hydrogens (primary N) is 1. The Morgan fingerprint density at radius 2 is 1.80 bits per heavy atom. The van der Waals surface area contributed by atoms with Gasteiger partial charge in [0.1, 0.15) is 0 Å². The molecule has 0 saturated carbocycles. The van der Waals surface area contributed by atoms with Gasteiger partial charge in [-0.3, -0.25) is 4.79 Å². The van der Waals surface area contributed by atoms with Crippen LogP contribution in [0.15, 0.2) is 12.1 Å². The molecule has 5 heteroatoms. The van der Waals surface area contributed by atoms with Crippen LogP contribution >= 0.6 is 0 Å². The van der Waals surface area contributed by atoms with Crippen molar-refractivity contribution in [2.24, 2.45) is 5.73 Å². The summed E-state index contributed by atoms with van der Waals surface area (Å²) in [5.41, 5.74) is 8.25. The van der Waals surface area contributed by atoms with E-state index in [-0.39, 0.29) is 12.0 Å². The number of rotatable bonds is 7. The van der Waals surface area contributed by atoms with E-state index in [0.717, 1.165) is 11.1 Å². The first-order chi connectivity index (χ1) is 9.53. The summed E-state index contributed by atoms with van der Waals surface area (Å²) < 4.78 is 15.2. The molecule has 1 aromatic rings. The van der Waals surface area contributed by atoms with Gasteiger partial charge in [-0.15, -0.1) is 0 Å². The SMILES string of the molecule is COC(=O)CCCC(N)c1cc(OC)c(OC)cc1C. The predicted octanol–water partition coefficient (Wildman–Crippen LogP) is 2.36. The fraction of sp³-hybridized carbons (Fsp3) is 0.533. The first-order valence-corrected chi connectivity index (χ1v) is 6.58. The van der Waals surface area contributed by atoms with Crippen molar-refractivity contribution in [1.29, 1.82) is 0 Å². The molecule has 112 valence electrons. The lowest BCUT2D eigenvalue weighted by Gasteiger charge is -2.17. The van der Waals surface area contributed by atoms with Gasteiger partial charge in [-0.2, -0.15) is 0 Å². The smallest absolute Gasteiger partial charge is 0.305 e. The van der Waals surface area contributed by atoms with E-state index in [4.69, 9.17) is 15.2 Å². The van der Waals surface area contributed by atoms with E-state index in [1.54, 1.807) is 14.2 Å². The van der Waals surface area contributed by atoms with Gasteiger partial charge in [-0.1, -0.05) is 0 Å². The Labute approximate surface area is 120 Å². The molecule has 0 aliphatic carbocycles. The molecule has 0 radical (unpaired) electrons. The van der Waals surface area contributed by atoms with Gasteiger partial charge in [0.15, 0.2) is 11.5 Å². The van der Waals surface area contributed by atoms with Crippen LogP contribution in [0.3, 0.4) is 0 Å². The average molecular weight is 281 g/mol. The Kier molecular flexibility index (Phi) is 6.31. The highest BCUT2D eigenvalue weighted by Crippen LogP contribution is 2.33. The molecule has 0 fully saturated rings. The normalized spacial score (nSPS) is 11.8. The van der Waals surface area contributed by atoms with Gasteiger partial charge in [0.25, 0.3) is 0 Å². The molecule has 0 spiro atoms. The molecule has 0 saturated heterocycles. The Balaban J connectivity index is 2.77. The minimum absolute atomic E-state index is 0.139. The maximum absolute atomic E-state index is 11.1. The van der Waals surface area contributed by atoms with Crippen LogP contribution in [0.4, 0.5) is 0 Å². The fourth-order valence-electron chi connectivity index (χ4n) is 2.12. The lowest BCUT2D eigenvalue weighted by atomic mass is 9.97. The first kappa shape index (κ1) is 16.3.